The molecule has 0 fully saturated rings. The van der Waals surface area contributed by atoms with Gasteiger partial charge in [-0.2, -0.15) is 8.78 Å². The zero-order valence-electron chi connectivity index (χ0n) is 13.6. The van der Waals surface area contributed by atoms with Crippen molar-refractivity contribution in [3.63, 3.8) is 0 Å². The van der Waals surface area contributed by atoms with Crippen LogP contribution in [-0.2, 0) is 9.59 Å². The maximum Gasteiger partial charge on any atom is 0.387 e. The van der Waals surface area contributed by atoms with E-state index in [2.05, 4.69) is 15.4 Å². The highest BCUT2D eigenvalue weighted by Gasteiger charge is 2.09. The summed E-state index contributed by atoms with van der Waals surface area (Å²) in [6.45, 7) is -1.63. The first-order chi connectivity index (χ1) is 12.3. The molecule has 5 nitrogen and oxygen atoms in total. The van der Waals surface area contributed by atoms with E-state index >= 15 is 0 Å². The molecular weight excluding hydrogens is 366 g/mol. The number of benzene rings is 2. The van der Waals surface area contributed by atoms with Crippen molar-refractivity contribution in [2.45, 2.75) is 13.5 Å². The van der Waals surface area contributed by atoms with E-state index in [9.17, 15) is 18.4 Å². The predicted molar refractivity (Wildman–Crippen MR) is 96.5 cm³/mol. The summed E-state index contributed by atoms with van der Waals surface area (Å²) in [7, 11) is 0. The molecule has 0 heterocycles. The summed E-state index contributed by atoms with van der Waals surface area (Å²) < 4.78 is 29.2. The fourth-order valence-electron chi connectivity index (χ4n) is 2.08. The Kier molecular flexibility index (Phi) is 6.68. The summed E-state index contributed by atoms with van der Waals surface area (Å²) in [6.07, 6.45) is 2.50. The molecule has 0 atom stereocenters. The first-order valence-electron chi connectivity index (χ1n) is 7.45. The standard InChI is InChI=1S/C18H15ClF2N2O3/c1-11(24)22-14-8-7-13(19)10-15(14)23-17(25)9-6-12-4-2-3-5-16(12)26-18(20)21/h2-10,18H,1H3,(H,22,24)(H,23,25)/b9-6+. The van der Waals surface area contributed by atoms with Crippen molar-refractivity contribution in [3.8, 4) is 5.75 Å². The van der Waals surface area contributed by atoms with Gasteiger partial charge >= 0.3 is 6.61 Å². The second kappa shape index (κ2) is 8.96. The lowest BCUT2D eigenvalue weighted by atomic mass is 10.2. The molecule has 0 bridgehead atoms. The highest BCUT2D eigenvalue weighted by molar-refractivity contribution is 6.31. The molecule has 0 aliphatic heterocycles. The molecule has 0 spiro atoms. The first kappa shape index (κ1) is 19.4. The first-order valence-corrected chi connectivity index (χ1v) is 7.83. The molecule has 0 unspecified atom stereocenters. The van der Waals surface area contributed by atoms with Crippen LogP contribution in [0.4, 0.5) is 20.2 Å². The number of para-hydroxylation sites is 1. The largest absolute Gasteiger partial charge is 0.434 e. The number of ether oxygens (including phenoxy) is 1. The second-order valence-corrected chi connectivity index (χ2v) is 5.55. The van der Waals surface area contributed by atoms with Gasteiger partial charge in [-0.1, -0.05) is 29.8 Å². The molecule has 136 valence electrons. The fraction of sp³-hybridized carbons (Fsp3) is 0.111. The van der Waals surface area contributed by atoms with Gasteiger partial charge in [0, 0.05) is 23.6 Å². The Hall–Kier alpha value is -2.93. The molecule has 0 radical (unpaired) electrons. The Morgan fingerprint density at radius 2 is 1.85 bits per heavy atom. The van der Waals surface area contributed by atoms with E-state index in [4.69, 9.17) is 11.6 Å². The Morgan fingerprint density at radius 3 is 2.54 bits per heavy atom. The third-order valence-electron chi connectivity index (χ3n) is 3.10. The number of anilines is 2. The number of amides is 2. The zero-order valence-corrected chi connectivity index (χ0v) is 14.4. The average molecular weight is 381 g/mol. The molecule has 2 N–H and O–H groups in total. The summed E-state index contributed by atoms with van der Waals surface area (Å²) in [5, 5.41) is 5.51. The molecule has 0 aliphatic carbocycles. The lowest BCUT2D eigenvalue weighted by Crippen LogP contribution is -2.13. The van der Waals surface area contributed by atoms with Crippen LogP contribution in [0, 0.1) is 0 Å². The summed E-state index contributed by atoms with van der Waals surface area (Å²) in [5.41, 5.74) is 1.00. The minimum atomic E-state index is -2.97. The van der Waals surface area contributed by atoms with Crippen LogP contribution in [-0.4, -0.2) is 18.4 Å². The second-order valence-electron chi connectivity index (χ2n) is 5.11. The van der Waals surface area contributed by atoms with Crippen molar-refractivity contribution in [1.82, 2.24) is 0 Å². The van der Waals surface area contributed by atoms with Crippen molar-refractivity contribution in [1.29, 1.82) is 0 Å². The van der Waals surface area contributed by atoms with Crippen LogP contribution in [0.1, 0.15) is 12.5 Å². The van der Waals surface area contributed by atoms with Crippen molar-refractivity contribution in [2.24, 2.45) is 0 Å². The maximum absolute atomic E-state index is 12.4. The molecular formula is C18H15ClF2N2O3. The third kappa shape index (κ3) is 5.86. The number of alkyl halides is 2. The van der Waals surface area contributed by atoms with Crippen molar-refractivity contribution in [2.75, 3.05) is 10.6 Å². The minimum Gasteiger partial charge on any atom is -0.434 e. The van der Waals surface area contributed by atoms with Gasteiger partial charge in [0.05, 0.1) is 11.4 Å². The molecule has 0 aromatic heterocycles. The number of halogens is 3. The van der Waals surface area contributed by atoms with Crippen LogP contribution in [0.2, 0.25) is 5.02 Å². The van der Waals surface area contributed by atoms with Gasteiger partial charge in [0.1, 0.15) is 5.75 Å². The molecule has 2 rings (SSSR count). The van der Waals surface area contributed by atoms with E-state index in [1.54, 1.807) is 24.3 Å². The van der Waals surface area contributed by atoms with Crippen molar-refractivity contribution in [3.05, 3.63) is 59.1 Å². The van der Waals surface area contributed by atoms with Crippen LogP contribution < -0.4 is 15.4 Å². The Labute approximate surface area is 153 Å². The summed E-state index contributed by atoms with van der Waals surface area (Å²) in [6, 6.07) is 10.7. The summed E-state index contributed by atoms with van der Waals surface area (Å²) >= 11 is 5.91. The van der Waals surface area contributed by atoms with Gasteiger partial charge < -0.3 is 15.4 Å². The lowest BCUT2D eigenvalue weighted by molar-refractivity contribution is -0.114. The van der Waals surface area contributed by atoms with Crippen molar-refractivity contribution >= 4 is 40.9 Å². The number of hydrogen-bond donors (Lipinski definition) is 2. The molecule has 0 saturated carbocycles. The number of hydrogen-bond acceptors (Lipinski definition) is 3. The van der Waals surface area contributed by atoms with E-state index in [1.807, 2.05) is 0 Å². The van der Waals surface area contributed by atoms with Gasteiger partial charge in [0.2, 0.25) is 11.8 Å². The summed E-state index contributed by atoms with van der Waals surface area (Å²) in [4.78, 5) is 23.4. The molecule has 2 aromatic rings. The number of rotatable bonds is 6. The van der Waals surface area contributed by atoms with Gasteiger partial charge in [0.15, 0.2) is 0 Å². The van der Waals surface area contributed by atoms with Gasteiger partial charge in [-0.05, 0) is 30.3 Å². The van der Waals surface area contributed by atoms with Crippen LogP contribution >= 0.6 is 11.6 Å². The van der Waals surface area contributed by atoms with Crippen LogP contribution in [0.15, 0.2) is 48.5 Å². The van der Waals surface area contributed by atoms with Crippen molar-refractivity contribution < 1.29 is 23.1 Å². The molecule has 8 heteroatoms. The topological polar surface area (TPSA) is 67.4 Å². The molecule has 0 aliphatic rings. The SMILES string of the molecule is CC(=O)Nc1ccc(Cl)cc1NC(=O)/C=C/c1ccccc1OC(F)F. The lowest BCUT2D eigenvalue weighted by Gasteiger charge is -2.11. The van der Waals surface area contributed by atoms with Gasteiger partial charge in [-0.3, -0.25) is 9.59 Å². The van der Waals surface area contributed by atoms with Gasteiger partial charge in [-0.25, -0.2) is 0 Å². The van der Waals surface area contributed by atoms with Crippen LogP contribution in [0.5, 0.6) is 5.75 Å². The molecule has 2 aromatic carbocycles. The number of carbonyl (C=O) groups is 2. The number of carbonyl (C=O) groups excluding carboxylic acids is 2. The Bertz CT molecular complexity index is 841. The van der Waals surface area contributed by atoms with Gasteiger partial charge in [0.25, 0.3) is 0 Å². The maximum atomic E-state index is 12.4. The van der Waals surface area contributed by atoms with Crippen LogP contribution in [0.3, 0.4) is 0 Å². The summed E-state index contributed by atoms with van der Waals surface area (Å²) in [5.74, 6) is -0.893. The number of nitrogens with one attached hydrogen (secondary N) is 2. The average Bonchev–Trinajstić information content (AvgIpc) is 2.56. The molecule has 0 saturated heterocycles. The van der Waals surface area contributed by atoms with E-state index in [0.29, 0.717) is 22.0 Å². The van der Waals surface area contributed by atoms with E-state index in [0.717, 1.165) is 6.08 Å². The Morgan fingerprint density at radius 1 is 1.12 bits per heavy atom. The Balaban J connectivity index is 2.16. The van der Waals surface area contributed by atoms with Crippen LogP contribution in [0.25, 0.3) is 6.08 Å². The fourth-order valence-corrected chi connectivity index (χ4v) is 2.25. The normalized spacial score (nSPS) is 10.8. The highest BCUT2D eigenvalue weighted by Crippen LogP contribution is 2.26. The van der Waals surface area contributed by atoms with Gasteiger partial charge in [-0.15, -0.1) is 0 Å². The highest BCUT2D eigenvalue weighted by atomic mass is 35.5. The molecule has 2 amide bonds. The molecule has 26 heavy (non-hydrogen) atoms. The third-order valence-corrected chi connectivity index (χ3v) is 3.33. The van der Waals surface area contributed by atoms with E-state index in [1.165, 1.54) is 31.2 Å². The quantitative estimate of drug-likeness (QED) is 0.722. The monoisotopic (exact) mass is 380 g/mol. The van der Waals surface area contributed by atoms with E-state index < -0.39 is 12.5 Å². The zero-order chi connectivity index (χ0) is 19.1. The predicted octanol–water partition coefficient (Wildman–Crippen LogP) is 4.55. The smallest absolute Gasteiger partial charge is 0.387 e. The van der Waals surface area contributed by atoms with E-state index in [-0.39, 0.29) is 11.7 Å². The minimum absolute atomic E-state index is 0.0479.